The lowest BCUT2D eigenvalue weighted by molar-refractivity contribution is -0.139. The number of fused-ring (bicyclic) bond motifs is 5. The van der Waals surface area contributed by atoms with Gasteiger partial charge in [-0.05, 0) is 47.6 Å². The van der Waals surface area contributed by atoms with Crippen LogP contribution in [-0.4, -0.2) is 54.5 Å². The van der Waals surface area contributed by atoms with Gasteiger partial charge in [0.15, 0.2) is 0 Å². The van der Waals surface area contributed by atoms with Gasteiger partial charge in [-0.3, -0.25) is 4.79 Å². The van der Waals surface area contributed by atoms with Crippen molar-refractivity contribution in [3.05, 3.63) is 65.2 Å². The Morgan fingerprint density at radius 2 is 1.68 bits per heavy atom. The SMILES string of the molecule is CC(C)(C)C(=O)N1CCN(c2ccc3c(c2)[C@@H]2C[C@H]3CCN2C(=O)OCc2ccccc2)CC1. The van der Waals surface area contributed by atoms with Crippen molar-refractivity contribution in [2.45, 2.75) is 52.2 Å². The summed E-state index contributed by atoms with van der Waals surface area (Å²) in [6.45, 7) is 10.1. The first-order valence-electron chi connectivity index (χ1n) is 12.5. The molecule has 0 saturated carbocycles. The number of benzene rings is 2. The van der Waals surface area contributed by atoms with Crippen LogP contribution in [0.5, 0.6) is 0 Å². The Morgan fingerprint density at radius 3 is 2.38 bits per heavy atom. The number of hydrogen-bond donors (Lipinski definition) is 0. The Labute approximate surface area is 202 Å². The fourth-order valence-corrected chi connectivity index (χ4v) is 5.62. The van der Waals surface area contributed by atoms with Crippen LogP contribution in [0.3, 0.4) is 0 Å². The molecule has 3 aliphatic rings. The molecule has 6 nitrogen and oxygen atoms in total. The fraction of sp³-hybridized carbons (Fsp3) is 0.500. The molecule has 34 heavy (non-hydrogen) atoms. The van der Waals surface area contributed by atoms with E-state index in [-0.39, 0.29) is 23.5 Å². The zero-order chi connectivity index (χ0) is 23.9. The van der Waals surface area contributed by atoms with Crippen LogP contribution in [0.4, 0.5) is 10.5 Å². The second-order valence-electron chi connectivity index (χ2n) is 10.8. The van der Waals surface area contributed by atoms with E-state index in [9.17, 15) is 9.59 Å². The molecule has 0 aromatic heterocycles. The third kappa shape index (κ3) is 4.38. The number of carbonyl (C=O) groups excluding carboxylic acids is 2. The van der Waals surface area contributed by atoms with Gasteiger partial charge in [0.05, 0.1) is 6.04 Å². The van der Waals surface area contributed by atoms with Crippen molar-refractivity contribution in [1.29, 1.82) is 0 Å². The number of piperazine rings is 1. The van der Waals surface area contributed by atoms with Crippen molar-refractivity contribution < 1.29 is 14.3 Å². The molecule has 180 valence electrons. The van der Waals surface area contributed by atoms with Crippen molar-refractivity contribution in [3.8, 4) is 0 Å². The van der Waals surface area contributed by atoms with E-state index in [4.69, 9.17) is 4.74 Å². The fourth-order valence-electron chi connectivity index (χ4n) is 5.62. The molecule has 0 unspecified atom stereocenters. The highest BCUT2D eigenvalue weighted by Crippen LogP contribution is 2.50. The number of nitrogens with zero attached hydrogens (tertiary/aromatic N) is 3. The molecule has 2 aromatic carbocycles. The molecule has 5 rings (SSSR count). The van der Waals surface area contributed by atoms with Crippen molar-refractivity contribution in [2.24, 2.45) is 5.41 Å². The number of carbonyl (C=O) groups is 2. The highest BCUT2D eigenvalue weighted by atomic mass is 16.6. The Bertz CT molecular complexity index is 1050. The molecular formula is C28H35N3O3. The lowest BCUT2D eigenvalue weighted by atomic mass is 9.94. The van der Waals surface area contributed by atoms with Crippen LogP contribution in [-0.2, 0) is 16.1 Å². The van der Waals surface area contributed by atoms with Gasteiger partial charge in [0.1, 0.15) is 6.61 Å². The van der Waals surface area contributed by atoms with Crippen LogP contribution in [0.15, 0.2) is 48.5 Å². The van der Waals surface area contributed by atoms with Crippen LogP contribution in [0.2, 0.25) is 0 Å². The van der Waals surface area contributed by atoms with E-state index in [1.54, 1.807) is 0 Å². The quantitative estimate of drug-likeness (QED) is 0.649. The Kier molecular flexibility index (Phi) is 6.00. The number of hydrogen-bond acceptors (Lipinski definition) is 4. The lowest BCUT2D eigenvalue weighted by Gasteiger charge is -2.39. The van der Waals surface area contributed by atoms with Gasteiger partial charge in [0.2, 0.25) is 5.91 Å². The minimum Gasteiger partial charge on any atom is -0.445 e. The van der Waals surface area contributed by atoms with Gasteiger partial charge in [-0.25, -0.2) is 4.79 Å². The molecule has 2 heterocycles. The average Bonchev–Trinajstić information content (AvgIpc) is 3.13. The molecule has 0 radical (unpaired) electrons. The molecule has 2 saturated heterocycles. The first-order chi connectivity index (χ1) is 16.3. The van der Waals surface area contributed by atoms with E-state index < -0.39 is 0 Å². The summed E-state index contributed by atoms with van der Waals surface area (Å²) in [5.41, 5.74) is 4.50. The van der Waals surface area contributed by atoms with Crippen LogP contribution < -0.4 is 4.90 Å². The van der Waals surface area contributed by atoms with E-state index in [1.165, 1.54) is 16.8 Å². The first kappa shape index (κ1) is 22.8. The first-order valence-corrected chi connectivity index (χ1v) is 12.5. The second kappa shape index (κ2) is 8.97. The van der Waals surface area contributed by atoms with Crippen LogP contribution in [0, 0.1) is 5.41 Å². The van der Waals surface area contributed by atoms with Gasteiger partial charge in [0, 0.05) is 43.8 Å². The van der Waals surface area contributed by atoms with Gasteiger partial charge < -0.3 is 19.4 Å². The van der Waals surface area contributed by atoms with E-state index in [2.05, 4.69) is 23.1 Å². The van der Waals surface area contributed by atoms with Crippen molar-refractivity contribution in [2.75, 3.05) is 37.6 Å². The summed E-state index contributed by atoms with van der Waals surface area (Å²) >= 11 is 0. The molecule has 2 bridgehead atoms. The summed E-state index contributed by atoms with van der Waals surface area (Å²) in [5.74, 6) is 0.744. The molecule has 6 heteroatoms. The average molecular weight is 462 g/mol. The predicted octanol–water partition coefficient (Wildman–Crippen LogP) is 4.95. The molecule has 2 aromatic rings. The minimum absolute atomic E-state index is 0.0840. The molecule has 0 spiro atoms. The summed E-state index contributed by atoms with van der Waals surface area (Å²) in [6, 6.07) is 16.7. The van der Waals surface area contributed by atoms with Crippen molar-refractivity contribution >= 4 is 17.7 Å². The summed E-state index contributed by atoms with van der Waals surface area (Å²) in [7, 11) is 0. The topological polar surface area (TPSA) is 53.1 Å². The number of anilines is 1. The number of rotatable bonds is 3. The largest absolute Gasteiger partial charge is 0.445 e. The molecule has 2 fully saturated rings. The molecule has 2 amide bonds. The Morgan fingerprint density at radius 1 is 0.941 bits per heavy atom. The molecule has 2 aliphatic heterocycles. The Hall–Kier alpha value is -3.02. The summed E-state index contributed by atoms with van der Waals surface area (Å²) in [5, 5.41) is 0. The van der Waals surface area contributed by atoms with Crippen molar-refractivity contribution in [3.63, 3.8) is 0 Å². The van der Waals surface area contributed by atoms with E-state index in [0.717, 1.165) is 51.1 Å². The number of amides is 2. The smallest absolute Gasteiger partial charge is 0.410 e. The van der Waals surface area contributed by atoms with Gasteiger partial charge in [-0.2, -0.15) is 0 Å². The standard InChI is InChI=1S/C28H35N3O3/c1-28(2,3)26(32)30-15-13-29(14-16-30)22-9-10-23-21-11-12-31(25(17-21)24(23)18-22)27(33)34-19-20-7-5-4-6-8-20/h4-10,18,21,25H,11-17,19H2,1-3H3/t21-,25+/m1/s1. The molecule has 0 N–H and O–H groups in total. The number of ether oxygens (including phenoxy) is 1. The number of piperidine rings is 1. The third-order valence-electron chi connectivity index (χ3n) is 7.48. The normalized spacial score (nSPS) is 21.9. The number of likely N-dealkylation sites (tertiary alicyclic amines) is 1. The monoisotopic (exact) mass is 461 g/mol. The summed E-state index contributed by atoms with van der Waals surface area (Å²) in [4.78, 5) is 31.9. The molecular weight excluding hydrogens is 426 g/mol. The molecule has 2 atom stereocenters. The summed E-state index contributed by atoms with van der Waals surface area (Å²) < 4.78 is 5.68. The zero-order valence-corrected chi connectivity index (χ0v) is 20.5. The highest BCUT2D eigenvalue weighted by Gasteiger charge is 2.42. The predicted molar refractivity (Wildman–Crippen MR) is 133 cm³/mol. The Balaban J connectivity index is 1.27. The lowest BCUT2D eigenvalue weighted by Crippen LogP contribution is -2.51. The van der Waals surface area contributed by atoms with Crippen molar-refractivity contribution in [1.82, 2.24) is 9.80 Å². The zero-order valence-electron chi connectivity index (χ0n) is 20.5. The summed E-state index contributed by atoms with van der Waals surface area (Å²) in [6.07, 6.45) is 1.74. The van der Waals surface area contributed by atoms with Gasteiger partial charge in [-0.1, -0.05) is 57.2 Å². The van der Waals surface area contributed by atoms with Crippen LogP contribution >= 0.6 is 0 Å². The van der Waals surface area contributed by atoms with Crippen LogP contribution in [0.25, 0.3) is 0 Å². The van der Waals surface area contributed by atoms with E-state index in [1.807, 2.05) is 60.9 Å². The maximum atomic E-state index is 13.0. The van der Waals surface area contributed by atoms with Gasteiger partial charge in [-0.15, -0.1) is 0 Å². The van der Waals surface area contributed by atoms with E-state index in [0.29, 0.717) is 12.5 Å². The molecule has 1 aliphatic carbocycles. The second-order valence-corrected chi connectivity index (χ2v) is 10.8. The van der Waals surface area contributed by atoms with Crippen LogP contribution in [0.1, 0.15) is 62.3 Å². The van der Waals surface area contributed by atoms with Gasteiger partial charge in [0.25, 0.3) is 0 Å². The maximum absolute atomic E-state index is 13.0. The maximum Gasteiger partial charge on any atom is 0.410 e. The minimum atomic E-state index is -0.341. The third-order valence-corrected chi connectivity index (χ3v) is 7.48. The van der Waals surface area contributed by atoms with Gasteiger partial charge >= 0.3 is 6.09 Å². The highest BCUT2D eigenvalue weighted by molar-refractivity contribution is 5.81. The van der Waals surface area contributed by atoms with E-state index >= 15 is 0 Å².